The van der Waals surface area contributed by atoms with Gasteiger partial charge in [-0.3, -0.25) is 14.7 Å². The standard InChI is InChI=1S/C12H16N4O/c1-10(17)15-6-7-16(14-9-15)12-4-2-11(8-13)3-5-12/h2-5,9H,6-8,13H2,1H3. The summed E-state index contributed by atoms with van der Waals surface area (Å²) in [6.45, 7) is 3.45. The third-order valence-electron chi connectivity index (χ3n) is 2.76. The van der Waals surface area contributed by atoms with E-state index in [1.54, 1.807) is 11.2 Å². The minimum atomic E-state index is 0.0203. The lowest BCUT2D eigenvalue weighted by Crippen LogP contribution is -2.40. The van der Waals surface area contributed by atoms with E-state index in [2.05, 4.69) is 5.10 Å². The third-order valence-corrected chi connectivity index (χ3v) is 2.76. The van der Waals surface area contributed by atoms with Gasteiger partial charge in [-0.25, -0.2) is 0 Å². The van der Waals surface area contributed by atoms with Crippen molar-refractivity contribution in [2.75, 3.05) is 18.1 Å². The van der Waals surface area contributed by atoms with Crippen molar-refractivity contribution < 1.29 is 4.79 Å². The number of anilines is 1. The van der Waals surface area contributed by atoms with Crippen LogP contribution in [0.15, 0.2) is 29.4 Å². The molecule has 1 aliphatic heterocycles. The van der Waals surface area contributed by atoms with Crippen molar-refractivity contribution in [3.05, 3.63) is 29.8 Å². The van der Waals surface area contributed by atoms with Gasteiger partial charge in [0.25, 0.3) is 0 Å². The Balaban J connectivity index is 2.09. The Morgan fingerprint density at radius 2 is 2.06 bits per heavy atom. The lowest BCUT2D eigenvalue weighted by Gasteiger charge is -2.28. The summed E-state index contributed by atoms with van der Waals surface area (Å²) in [6, 6.07) is 7.95. The summed E-state index contributed by atoms with van der Waals surface area (Å²) >= 11 is 0. The van der Waals surface area contributed by atoms with Crippen LogP contribution in [0.1, 0.15) is 12.5 Å². The summed E-state index contributed by atoms with van der Waals surface area (Å²) in [5, 5.41) is 6.11. The van der Waals surface area contributed by atoms with Crippen LogP contribution in [0.2, 0.25) is 0 Å². The fourth-order valence-corrected chi connectivity index (χ4v) is 1.68. The van der Waals surface area contributed by atoms with Gasteiger partial charge in [-0.2, -0.15) is 5.10 Å². The molecule has 1 aromatic carbocycles. The van der Waals surface area contributed by atoms with E-state index in [1.807, 2.05) is 29.3 Å². The summed E-state index contributed by atoms with van der Waals surface area (Å²) in [4.78, 5) is 12.7. The van der Waals surface area contributed by atoms with E-state index in [9.17, 15) is 4.79 Å². The molecule has 5 heteroatoms. The topological polar surface area (TPSA) is 61.9 Å². The molecule has 0 radical (unpaired) electrons. The van der Waals surface area contributed by atoms with Crippen LogP contribution in [0.3, 0.4) is 0 Å². The van der Waals surface area contributed by atoms with Crippen LogP contribution in [0, 0.1) is 0 Å². The molecule has 1 aromatic rings. The van der Waals surface area contributed by atoms with E-state index in [-0.39, 0.29) is 5.91 Å². The van der Waals surface area contributed by atoms with Crippen LogP contribution >= 0.6 is 0 Å². The number of hydrogen-bond acceptors (Lipinski definition) is 4. The molecule has 0 unspecified atom stereocenters. The molecule has 0 saturated heterocycles. The van der Waals surface area contributed by atoms with Gasteiger partial charge < -0.3 is 5.73 Å². The minimum Gasteiger partial charge on any atom is -0.326 e. The largest absolute Gasteiger partial charge is 0.326 e. The number of amides is 1. The molecule has 5 nitrogen and oxygen atoms in total. The normalized spacial score (nSPS) is 15.2. The number of carbonyl (C=O) groups excluding carboxylic acids is 1. The number of nitrogens with zero attached hydrogens (tertiary/aromatic N) is 3. The quantitative estimate of drug-likeness (QED) is 0.818. The first kappa shape index (κ1) is 11.6. The van der Waals surface area contributed by atoms with Gasteiger partial charge in [0.15, 0.2) is 0 Å². The fourth-order valence-electron chi connectivity index (χ4n) is 1.68. The predicted molar refractivity (Wildman–Crippen MR) is 67.6 cm³/mol. The first-order chi connectivity index (χ1) is 8.20. The lowest BCUT2D eigenvalue weighted by molar-refractivity contribution is -0.124. The monoisotopic (exact) mass is 232 g/mol. The maximum absolute atomic E-state index is 11.1. The van der Waals surface area contributed by atoms with Crippen LogP contribution in [0.4, 0.5) is 5.69 Å². The molecule has 1 heterocycles. The number of carbonyl (C=O) groups is 1. The van der Waals surface area contributed by atoms with Crippen LogP contribution in [0.5, 0.6) is 0 Å². The molecular weight excluding hydrogens is 216 g/mol. The van der Waals surface area contributed by atoms with Crippen LogP contribution < -0.4 is 10.7 Å². The highest BCUT2D eigenvalue weighted by Gasteiger charge is 2.14. The molecular formula is C12H16N4O. The number of hydrogen-bond donors (Lipinski definition) is 1. The Morgan fingerprint density at radius 3 is 2.53 bits per heavy atom. The number of hydrazone groups is 1. The van der Waals surface area contributed by atoms with Gasteiger partial charge in [0, 0.05) is 20.0 Å². The van der Waals surface area contributed by atoms with Crippen molar-refractivity contribution in [1.82, 2.24) is 4.90 Å². The van der Waals surface area contributed by atoms with Gasteiger partial charge in [0.2, 0.25) is 5.91 Å². The molecule has 0 aromatic heterocycles. The number of nitrogens with two attached hydrogens (primary N) is 1. The Hall–Kier alpha value is -1.88. The van der Waals surface area contributed by atoms with Crippen LogP contribution in [0.25, 0.3) is 0 Å². The predicted octanol–water partition coefficient (Wildman–Crippen LogP) is 0.757. The number of rotatable bonds is 2. The van der Waals surface area contributed by atoms with E-state index in [4.69, 9.17) is 5.73 Å². The zero-order valence-corrected chi connectivity index (χ0v) is 9.84. The smallest absolute Gasteiger partial charge is 0.224 e. The van der Waals surface area contributed by atoms with Gasteiger partial charge in [-0.1, -0.05) is 12.1 Å². The van der Waals surface area contributed by atoms with Crippen LogP contribution in [-0.2, 0) is 11.3 Å². The van der Waals surface area contributed by atoms with Gasteiger partial charge in [-0.05, 0) is 17.7 Å². The SMILES string of the molecule is CC(=O)N1C=NN(c2ccc(CN)cc2)CC1. The highest BCUT2D eigenvalue weighted by Crippen LogP contribution is 2.16. The molecule has 0 fully saturated rings. The van der Waals surface area contributed by atoms with Crippen LogP contribution in [-0.4, -0.2) is 30.2 Å². The molecule has 90 valence electrons. The molecule has 0 spiro atoms. The lowest BCUT2D eigenvalue weighted by atomic mass is 10.2. The molecule has 17 heavy (non-hydrogen) atoms. The summed E-state index contributed by atoms with van der Waals surface area (Å²) in [5.74, 6) is 0.0203. The summed E-state index contributed by atoms with van der Waals surface area (Å²) < 4.78 is 0. The first-order valence-corrected chi connectivity index (χ1v) is 5.58. The molecule has 1 aliphatic rings. The zero-order valence-electron chi connectivity index (χ0n) is 9.84. The van der Waals surface area contributed by atoms with Crippen molar-refractivity contribution >= 4 is 17.9 Å². The zero-order chi connectivity index (χ0) is 12.3. The van der Waals surface area contributed by atoms with E-state index in [0.717, 1.165) is 11.3 Å². The van der Waals surface area contributed by atoms with Gasteiger partial charge in [0.05, 0.1) is 12.2 Å². The second-order valence-electron chi connectivity index (χ2n) is 3.94. The average molecular weight is 232 g/mol. The molecule has 2 N–H and O–H groups in total. The maximum atomic E-state index is 11.1. The van der Waals surface area contributed by atoms with Crippen molar-refractivity contribution in [1.29, 1.82) is 0 Å². The molecule has 0 bridgehead atoms. The molecule has 0 aliphatic carbocycles. The van der Waals surface area contributed by atoms with E-state index in [0.29, 0.717) is 19.6 Å². The Morgan fingerprint density at radius 1 is 1.35 bits per heavy atom. The number of benzene rings is 1. The molecule has 0 saturated carbocycles. The van der Waals surface area contributed by atoms with E-state index < -0.39 is 0 Å². The summed E-state index contributed by atoms with van der Waals surface area (Å²) in [7, 11) is 0. The molecule has 2 rings (SSSR count). The summed E-state index contributed by atoms with van der Waals surface area (Å²) in [5.41, 5.74) is 7.66. The van der Waals surface area contributed by atoms with Gasteiger partial charge in [-0.15, -0.1) is 0 Å². The minimum absolute atomic E-state index is 0.0203. The third kappa shape index (κ3) is 2.62. The van der Waals surface area contributed by atoms with Crippen molar-refractivity contribution in [3.8, 4) is 0 Å². The second kappa shape index (κ2) is 4.97. The van der Waals surface area contributed by atoms with Crippen molar-refractivity contribution in [3.63, 3.8) is 0 Å². The molecule has 1 amide bonds. The average Bonchev–Trinajstić information content (AvgIpc) is 2.39. The fraction of sp³-hybridized carbons (Fsp3) is 0.333. The van der Waals surface area contributed by atoms with E-state index in [1.165, 1.54) is 6.92 Å². The van der Waals surface area contributed by atoms with E-state index >= 15 is 0 Å². The van der Waals surface area contributed by atoms with Crippen molar-refractivity contribution in [2.24, 2.45) is 10.8 Å². The molecule has 0 atom stereocenters. The second-order valence-corrected chi connectivity index (χ2v) is 3.94. The van der Waals surface area contributed by atoms with Gasteiger partial charge >= 0.3 is 0 Å². The van der Waals surface area contributed by atoms with Crippen molar-refractivity contribution in [2.45, 2.75) is 13.5 Å². The Labute approximate surface area is 101 Å². The Bertz CT molecular complexity index is 427. The highest BCUT2D eigenvalue weighted by atomic mass is 16.2. The highest BCUT2D eigenvalue weighted by molar-refractivity contribution is 5.86. The summed E-state index contributed by atoms with van der Waals surface area (Å²) in [6.07, 6.45) is 1.57. The Kier molecular flexibility index (Phi) is 3.39. The van der Waals surface area contributed by atoms with Gasteiger partial charge in [0.1, 0.15) is 6.34 Å². The first-order valence-electron chi connectivity index (χ1n) is 5.58. The maximum Gasteiger partial charge on any atom is 0.224 e.